The molecule has 1 saturated carbocycles. The van der Waals surface area contributed by atoms with Crippen molar-refractivity contribution in [2.75, 3.05) is 5.32 Å². The van der Waals surface area contributed by atoms with Gasteiger partial charge in [0.1, 0.15) is 0 Å². The molecule has 5 nitrogen and oxygen atoms in total. The van der Waals surface area contributed by atoms with Crippen molar-refractivity contribution in [1.29, 1.82) is 0 Å². The van der Waals surface area contributed by atoms with Gasteiger partial charge in [-0.2, -0.15) is 5.10 Å². The number of nitrogens with zero attached hydrogens (tertiary/aromatic N) is 3. The molecule has 5 heteroatoms. The molecule has 1 N–H and O–H groups in total. The summed E-state index contributed by atoms with van der Waals surface area (Å²) in [5.41, 5.74) is 4.87. The second kappa shape index (κ2) is 6.38. The summed E-state index contributed by atoms with van der Waals surface area (Å²) in [5.74, 6) is 0.657. The highest BCUT2D eigenvalue weighted by Gasteiger charge is 2.27. The van der Waals surface area contributed by atoms with Gasteiger partial charge in [0, 0.05) is 35.9 Å². The van der Waals surface area contributed by atoms with E-state index in [0.29, 0.717) is 5.69 Å². The van der Waals surface area contributed by atoms with Crippen LogP contribution in [0.3, 0.4) is 0 Å². The largest absolute Gasteiger partial charge is 0.320 e. The molecule has 0 bridgehead atoms. The summed E-state index contributed by atoms with van der Waals surface area (Å²) < 4.78 is 2.13. The number of rotatable bonds is 4. The van der Waals surface area contributed by atoms with Crippen molar-refractivity contribution in [3.63, 3.8) is 0 Å². The molecule has 0 unspecified atom stereocenters. The number of hydrogen-bond donors (Lipinski definition) is 1. The van der Waals surface area contributed by atoms with E-state index in [0.717, 1.165) is 43.0 Å². The molecular formula is C19H24N4O. The number of carbonyl (C=O) groups is 1. The SMILES string of the molecule is Cc1cnccc1NC(=O)c1nn(CC2CCC2)c2c1CCCC2. The fourth-order valence-electron chi connectivity index (χ4n) is 3.72. The Morgan fingerprint density at radius 1 is 1.29 bits per heavy atom. The lowest BCUT2D eigenvalue weighted by Crippen LogP contribution is -2.21. The first-order valence-corrected chi connectivity index (χ1v) is 9.03. The van der Waals surface area contributed by atoms with E-state index in [4.69, 9.17) is 5.10 Å². The molecule has 2 aliphatic carbocycles. The number of fused-ring (bicyclic) bond motifs is 1. The molecule has 0 aromatic carbocycles. The molecule has 0 spiro atoms. The smallest absolute Gasteiger partial charge is 0.276 e. The number of carbonyl (C=O) groups excluding carboxylic acids is 1. The summed E-state index contributed by atoms with van der Waals surface area (Å²) in [7, 11) is 0. The van der Waals surface area contributed by atoms with Gasteiger partial charge in [-0.25, -0.2) is 0 Å². The predicted molar refractivity (Wildman–Crippen MR) is 93.1 cm³/mol. The maximum Gasteiger partial charge on any atom is 0.276 e. The molecule has 0 aliphatic heterocycles. The van der Waals surface area contributed by atoms with Crippen LogP contribution in [0.4, 0.5) is 5.69 Å². The molecule has 2 aromatic rings. The summed E-state index contributed by atoms with van der Waals surface area (Å²) in [6, 6.07) is 1.84. The Balaban J connectivity index is 1.61. The van der Waals surface area contributed by atoms with E-state index in [9.17, 15) is 4.79 Å². The third kappa shape index (κ3) is 2.83. The molecule has 2 heterocycles. The van der Waals surface area contributed by atoms with Gasteiger partial charge in [0.2, 0.25) is 0 Å². The Hall–Kier alpha value is -2.17. The third-order valence-corrected chi connectivity index (χ3v) is 5.40. The number of hydrogen-bond acceptors (Lipinski definition) is 3. The molecule has 0 saturated heterocycles. The lowest BCUT2D eigenvalue weighted by molar-refractivity contribution is 0.102. The van der Waals surface area contributed by atoms with E-state index in [1.54, 1.807) is 12.4 Å². The molecule has 2 aromatic heterocycles. The van der Waals surface area contributed by atoms with Gasteiger partial charge >= 0.3 is 0 Å². The topological polar surface area (TPSA) is 59.8 Å². The highest BCUT2D eigenvalue weighted by Crippen LogP contribution is 2.31. The third-order valence-electron chi connectivity index (χ3n) is 5.40. The van der Waals surface area contributed by atoms with Crippen LogP contribution >= 0.6 is 0 Å². The molecule has 1 fully saturated rings. The standard InChI is InChI=1S/C19H24N4O/c1-13-11-20-10-9-16(13)21-19(24)18-15-7-2-3-8-17(15)23(22-18)12-14-5-4-6-14/h9-11,14H,2-8,12H2,1H3,(H,20,21,24). The van der Waals surface area contributed by atoms with E-state index >= 15 is 0 Å². The minimum Gasteiger partial charge on any atom is -0.320 e. The molecular weight excluding hydrogens is 300 g/mol. The summed E-state index contributed by atoms with van der Waals surface area (Å²) in [6.07, 6.45) is 11.8. The van der Waals surface area contributed by atoms with Gasteiger partial charge < -0.3 is 5.32 Å². The second-order valence-corrected chi connectivity index (χ2v) is 7.10. The van der Waals surface area contributed by atoms with Gasteiger partial charge in [0.25, 0.3) is 5.91 Å². The van der Waals surface area contributed by atoms with Gasteiger partial charge in [-0.1, -0.05) is 6.42 Å². The van der Waals surface area contributed by atoms with Crippen molar-refractivity contribution >= 4 is 11.6 Å². The van der Waals surface area contributed by atoms with Gasteiger partial charge in [0.05, 0.1) is 0 Å². The maximum absolute atomic E-state index is 12.8. The normalized spacial score (nSPS) is 17.2. The molecule has 126 valence electrons. The number of amides is 1. The molecule has 24 heavy (non-hydrogen) atoms. The van der Waals surface area contributed by atoms with E-state index in [1.165, 1.54) is 36.9 Å². The Kier molecular flexibility index (Phi) is 4.08. The number of aryl methyl sites for hydroxylation is 1. The van der Waals surface area contributed by atoms with Crippen LogP contribution in [0.5, 0.6) is 0 Å². The zero-order valence-electron chi connectivity index (χ0n) is 14.2. The Morgan fingerprint density at radius 3 is 2.88 bits per heavy atom. The molecule has 4 rings (SSSR count). The van der Waals surface area contributed by atoms with E-state index in [1.807, 2.05) is 13.0 Å². The summed E-state index contributed by atoms with van der Waals surface area (Å²) in [6.45, 7) is 2.93. The van der Waals surface area contributed by atoms with Gasteiger partial charge in [-0.3, -0.25) is 14.5 Å². The van der Waals surface area contributed by atoms with Crippen molar-refractivity contribution in [3.05, 3.63) is 41.0 Å². The van der Waals surface area contributed by atoms with Crippen LogP contribution < -0.4 is 5.32 Å². The Morgan fingerprint density at radius 2 is 2.12 bits per heavy atom. The van der Waals surface area contributed by atoms with E-state index < -0.39 is 0 Å². The average Bonchev–Trinajstić information content (AvgIpc) is 2.92. The first-order valence-electron chi connectivity index (χ1n) is 9.03. The van der Waals surface area contributed by atoms with E-state index in [2.05, 4.69) is 15.0 Å². The van der Waals surface area contributed by atoms with Crippen LogP contribution in [0.1, 0.15) is 59.4 Å². The predicted octanol–water partition coefficient (Wildman–Crippen LogP) is 3.52. The first-order chi connectivity index (χ1) is 11.7. The number of anilines is 1. The quantitative estimate of drug-likeness (QED) is 0.936. The van der Waals surface area contributed by atoms with Crippen molar-refractivity contribution in [1.82, 2.24) is 14.8 Å². The Labute approximate surface area is 142 Å². The van der Waals surface area contributed by atoms with Crippen LogP contribution in [0.15, 0.2) is 18.5 Å². The summed E-state index contributed by atoms with van der Waals surface area (Å²) in [4.78, 5) is 16.9. The summed E-state index contributed by atoms with van der Waals surface area (Å²) in [5, 5.41) is 7.74. The number of pyridine rings is 1. The van der Waals surface area contributed by atoms with Crippen LogP contribution in [0.2, 0.25) is 0 Å². The summed E-state index contributed by atoms with van der Waals surface area (Å²) >= 11 is 0. The number of nitrogens with one attached hydrogen (secondary N) is 1. The Bertz CT molecular complexity index is 761. The van der Waals surface area contributed by atoms with Crippen molar-refractivity contribution < 1.29 is 4.79 Å². The first kappa shape index (κ1) is 15.4. The van der Waals surface area contributed by atoms with Gasteiger partial charge in [-0.15, -0.1) is 0 Å². The highest BCUT2D eigenvalue weighted by atomic mass is 16.2. The molecule has 2 aliphatic rings. The average molecular weight is 324 g/mol. The van der Waals surface area contributed by atoms with Crippen LogP contribution in [-0.2, 0) is 19.4 Å². The van der Waals surface area contributed by atoms with Crippen LogP contribution in [0.25, 0.3) is 0 Å². The maximum atomic E-state index is 12.8. The van der Waals surface area contributed by atoms with Crippen LogP contribution in [-0.4, -0.2) is 20.7 Å². The fraction of sp³-hybridized carbons (Fsp3) is 0.526. The van der Waals surface area contributed by atoms with Crippen molar-refractivity contribution in [2.24, 2.45) is 5.92 Å². The minimum atomic E-state index is -0.0881. The molecule has 0 radical (unpaired) electrons. The van der Waals surface area contributed by atoms with Crippen LogP contribution in [0, 0.1) is 12.8 Å². The van der Waals surface area contributed by atoms with Gasteiger partial charge in [0.15, 0.2) is 5.69 Å². The van der Waals surface area contributed by atoms with Crippen molar-refractivity contribution in [3.8, 4) is 0 Å². The monoisotopic (exact) mass is 324 g/mol. The van der Waals surface area contributed by atoms with Gasteiger partial charge in [-0.05, 0) is 63.0 Å². The minimum absolute atomic E-state index is 0.0881. The fourth-order valence-corrected chi connectivity index (χ4v) is 3.72. The van der Waals surface area contributed by atoms with E-state index in [-0.39, 0.29) is 5.91 Å². The number of aromatic nitrogens is 3. The molecule has 0 atom stereocenters. The zero-order valence-corrected chi connectivity index (χ0v) is 14.2. The molecule has 1 amide bonds. The lowest BCUT2D eigenvalue weighted by atomic mass is 9.85. The highest BCUT2D eigenvalue weighted by molar-refractivity contribution is 6.04. The lowest BCUT2D eigenvalue weighted by Gasteiger charge is -2.26. The van der Waals surface area contributed by atoms with Crippen molar-refractivity contribution in [2.45, 2.75) is 58.4 Å². The zero-order chi connectivity index (χ0) is 16.5. The second-order valence-electron chi connectivity index (χ2n) is 7.10.